The van der Waals surface area contributed by atoms with Gasteiger partial charge in [0.2, 0.25) is 5.82 Å². The minimum atomic E-state index is -0.144. The van der Waals surface area contributed by atoms with Crippen LogP contribution in [0.4, 0.5) is 0 Å². The van der Waals surface area contributed by atoms with Crippen LogP contribution in [0.2, 0.25) is 0 Å². The highest BCUT2D eigenvalue weighted by molar-refractivity contribution is 5.90. The summed E-state index contributed by atoms with van der Waals surface area (Å²) in [6, 6.07) is 16.3. The van der Waals surface area contributed by atoms with E-state index in [0.29, 0.717) is 24.8 Å². The Morgan fingerprint density at radius 2 is 1.75 bits per heavy atom. The summed E-state index contributed by atoms with van der Waals surface area (Å²) >= 11 is 0. The summed E-state index contributed by atoms with van der Waals surface area (Å²) in [4.78, 5) is 19.4. The van der Waals surface area contributed by atoms with Crippen molar-refractivity contribution in [2.24, 2.45) is 0 Å². The monoisotopic (exact) mass is 376 g/mol. The fourth-order valence-electron chi connectivity index (χ4n) is 3.34. The molecule has 1 amide bonds. The van der Waals surface area contributed by atoms with E-state index in [9.17, 15) is 4.79 Å². The maximum Gasteiger partial charge on any atom is 0.293 e. The smallest absolute Gasteiger partial charge is 0.293 e. The first-order valence-electron chi connectivity index (χ1n) is 9.79. The number of carbonyl (C=O) groups is 1. The summed E-state index contributed by atoms with van der Waals surface area (Å²) in [6.45, 7) is 11.4. The molecule has 0 N–H and O–H groups in total. The molecule has 1 aromatic heterocycles. The Labute approximate surface area is 167 Å². The fraction of sp³-hybridized carbons (Fsp3) is 0.348. The average molecular weight is 377 g/mol. The molecule has 0 atom stereocenters. The molecule has 0 aliphatic heterocycles. The number of aromatic nitrogens is 3. The maximum absolute atomic E-state index is 13.1. The highest BCUT2D eigenvalue weighted by Gasteiger charge is 2.22. The van der Waals surface area contributed by atoms with Crippen LogP contribution in [0.15, 0.2) is 48.5 Å². The zero-order valence-corrected chi connectivity index (χ0v) is 17.3. The Balaban J connectivity index is 1.91. The molecule has 0 bridgehead atoms. The molecular formula is C23H28N4O. The summed E-state index contributed by atoms with van der Waals surface area (Å²) in [5.74, 6) is 1.16. The van der Waals surface area contributed by atoms with Crippen LogP contribution in [0.5, 0.6) is 0 Å². The van der Waals surface area contributed by atoms with Crippen molar-refractivity contribution in [3.05, 3.63) is 76.9 Å². The summed E-state index contributed by atoms with van der Waals surface area (Å²) in [5, 5.41) is 4.57. The van der Waals surface area contributed by atoms with Gasteiger partial charge in [0, 0.05) is 13.1 Å². The molecule has 3 aromatic rings. The molecule has 3 rings (SSSR count). The minimum Gasteiger partial charge on any atom is -0.332 e. The highest BCUT2D eigenvalue weighted by Crippen LogP contribution is 2.23. The van der Waals surface area contributed by atoms with Gasteiger partial charge < -0.3 is 4.90 Å². The van der Waals surface area contributed by atoms with Gasteiger partial charge >= 0.3 is 0 Å². The van der Waals surface area contributed by atoms with Crippen molar-refractivity contribution in [3.63, 3.8) is 0 Å². The standard InChI is InChI=1S/C23H28N4O/c1-6-26(15-19-12-8-7-11-17(19)4)23(28)22-24-18(5)27(25-22)21-14-10-9-13-20(21)16(2)3/h7-14,16H,6,15H2,1-5H3. The molecule has 5 nitrogen and oxygen atoms in total. The van der Waals surface area contributed by atoms with Crippen molar-refractivity contribution in [2.45, 2.75) is 47.1 Å². The van der Waals surface area contributed by atoms with Crippen LogP contribution in [0.1, 0.15) is 59.8 Å². The molecule has 5 heteroatoms. The van der Waals surface area contributed by atoms with Gasteiger partial charge in [0.25, 0.3) is 5.91 Å². The zero-order chi connectivity index (χ0) is 20.3. The van der Waals surface area contributed by atoms with Gasteiger partial charge in [-0.25, -0.2) is 9.67 Å². The summed E-state index contributed by atoms with van der Waals surface area (Å²) in [7, 11) is 0. The molecule has 0 saturated heterocycles. The topological polar surface area (TPSA) is 51.0 Å². The molecule has 0 spiro atoms. The van der Waals surface area contributed by atoms with Crippen molar-refractivity contribution in [1.29, 1.82) is 0 Å². The van der Waals surface area contributed by atoms with Gasteiger partial charge in [0.1, 0.15) is 5.82 Å². The van der Waals surface area contributed by atoms with Crippen molar-refractivity contribution in [3.8, 4) is 5.69 Å². The lowest BCUT2D eigenvalue weighted by atomic mass is 10.0. The van der Waals surface area contributed by atoms with Gasteiger partial charge in [0.05, 0.1) is 5.69 Å². The Hall–Kier alpha value is -2.95. The van der Waals surface area contributed by atoms with E-state index in [1.54, 1.807) is 9.58 Å². The van der Waals surface area contributed by atoms with Crippen LogP contribution < -0.4 is 0 Å². The molecule has 0 fully saturated rings. The number of para-hydroxylation sites is 1. The molecule has 0 aliphatic carbocycles. The Kier molecular flexibility index (Phi) is 5.93. The van der Waals surface area contributed by atoms with Gasteiger partial charge in [-0.05, 0) is 49.4 Å². The Morgan fingerprint density at radius 1 is 1.07 bits per heavy atom. The van der Waals surface area contributed by atoms with Gasteiger partial charge in [-0.1, -0.05) is 56.3 Å². The molecular weight excluding hydrogens is 348 g/mol. The van der Waals surface area contributed by atoms with Crippen LogP contribution in [0, 0.1) is 13.8 Å². The van der Waals surface area contributed by atoms with E-state index in [1.807, 2.05) is 44.2 Å². The number of hydrogen-bond acceptors (Lipinski definition) is 3. The van der Waals surface area contributed by atoms with Gasteiger partial charge in [-0.2, -0.15) is 0 Å². The van der Waals surface area contributed by atoms with Crippen LogP contribution in [0.3, 0.4) is 0 Å². The van der Waals surface area contributed by atoms with E-state index < -0.39 is 0 Å². The Bertz CT molecular complexity index is 974. The average Bonchev–Trinajstić information content (AvgIpc) is 3.08. The number of nitrogens with zero attached hydrogens (tertiary/aromatic N) is 4. The van der Waals surface area contributed by atoms with E-state index in [2.05, 4.69) is 49.1 Å². The second-order valence-corrected chi connectivity index (χ2v) is 7.35. The summed E-state index contributed by atoms with van der Waals surface area (Å²) < 4.78 is 1.78. The van der Waals surface area contributed by atoms with Crippen LogP contribution >= 0.6 is 0 Å². The number of hydrogen-bond donors (Lipinski definition) is 0. The largest absolute Gasteiger partial charge is 0.332 e. The van der Waals surface area contributed by atoms with Crippen LogP contribution in [-0.2, 0) is 6.54 Å². The second-order valence-electron chi connectivity index (χ2n) is 7.35. The highest BCUT2D eigenvalue weighted by atomic mass is 16.2. The summed E-state index contributed by atoms with van der Waals surface area (Å²) in [5.41, 5.74) is 4.47. The van der Waals surface area contributed by atoms with E-state index in [1.165, 1.54) is 11.1 Å². The first-order valence-corrected chi connectivity index (χ1v) is 9.79. The third-order valence-corrected chi connectivity index (χ3v) is 5.04. The predicted octanol–water partition coefficient (Wildman–Crippen LogP) is 4.67. The van der Waals surface area contributed by atoms with Crippen molar-refractivity contribution in [2.75, 3.05) is 6.54 Å². The first kappa shape index (κ1) is 19.8. The molecule has 28 heavy (non-hydrogen) atoms. The predicted molar refractivity (Wildman–Crippen MR) is 112 cm³/mol. The number of carbonyl (C=O) groups excluding carboxylic acids is 1. The van der Waals surface area contributed by atoms with E-state index in [-0.39, 0.29) is 11.7 Å². The normalized spacial score (nSPS) is 11.1. The van der Waals surface area contributed by atoms with E-state index in [4.69, 9.17) is 0 Å². The summed E-state index contributed by atoms with van der Waals surface area (Å²) in [6.07, 6.45) is 0. The molecule has 0 saturated carbocycles. The number of aryl methyl sites for hydroxylation is 2. The first-order chi connectivity index (χ1) is 13.4. The van der Waals surface area contributed by atoms with Crippen molar-refractivity contribution in [1.82, 2.24) is 19.7 Å². The molecule has 0 radical (unpaired) electrons. The molecule has 0 unspecified atom stereocenters. The van der Waals surface area contributed by atoms with E-state index >= 15 is 0 Å². The number of amides is 1. The van der Waals surface area contributed by atoms with Crippen molar-refractivity contribution >= 4 is 5.91 Å². The fourth-order valence-corrected chi connectivity index (χ4v) is 3.34. The van der Waals surface area contributed by atoms with Gasteiger partial charge in [-0.15, -0.1) is 5.10 Å². The number of benzene rings is 2. The Morgan fingerprint density at radius 3 is 2.43 bits per heavy atom. The lowest BCUT2D eigenvalue weighted by Gasteiger charge is -2.20. The van der Waals surface area contributed by atoms with Crippen molar-refractivity contribution < 1.29 is 4.79 Å². The quantitative estimate of drug-likeness (QED) is 0.628. The second kappa shape index (κ2) is 8.38. The lowest BCUT2D eigenvalue weighted by molar-refractivity contribution is 0.0740. The minimum absolute atomic E-state index is 0.144. The molecule has 2 aromatic carbocycles. The van der Waals surface area contributed by atoms with E-state index in [0.717, 1.165) is 11.3 Å². The number of rotatable bonds is 6. The van der Waals surface area contributed by atoms with Gasteiger partial charge in [-0.3, -0.25) is 4.79 Å². The third kappa shape index (κ3) is 3.98. The lowest BCUT2D eigenvalue weighted by Crippen LogP contribution is -2.31. The zero-order valence-electron chi connectivity index (χ0n) is 17.3. The van der Waals surface area contributed by atoms with Gasteiger partial charge in [0.15, 0.2) is 0 Å². The molecule has 146 valence electrons. The van der Waals surface area contributed by atoms with Crippen LogP contribution in [-0.4, -0.2) is 32.1 Å². The molecule has 1 heterocycles. The maximum atomic E-state index is 13.1. The van der Waals surface area contributed by atoms with Crippen LogP contribution in [0.25, 0.3) is 5.69 Å². The molecule has 0 aliphatic rings. The third-order valence-electron chi connectivity index (χ3n) is 5.04. The SMILES string of the molecule is CCN(Cc1ccccc1C)C(=O)c1nc(C)n(-c2ccccc2C(C)C)n1.